The zero-order valence-corrected chi connectivity index (χ0v) is 13.4. The van der Waals surface area contributed by atoms with Crippen LogP contribution in [0.1, 0.15) is 11.1 Å². The average Bonchev–Trinajstić information content (AvgIpc) is 2.63. The van der Waals surface area contributed by atoms with Crippen molar-refractivity contribution in [2.45, 2.75) is 0 Å². The summed E-state index contributed by atoms with van der Waals surface area (Å²) in [6, 6.07) is 14.0. The van der Waals surface area contributed by atoms with Gasteiger partial charge in [0, 0.05) is 0 Å². The molecule has 7 heteroatoms. The molecule has 0 atom stereocenters. The zero-order valence-electron chi connectivity index (χ0n) is 13.4. The van der Waals surface area contributed by atoms with Gasteiger partial charge in [0.15, 0.2) is 0 Å². The Balaban J connectivity index is 1.77. The van der Waals surface area contributed by atoms with Gasteiger partial charge < -0.3 is 9.47 Å². The smallest absolute Gasteiger partial charge is 0.355 e. The van der Waals surface area contributed by atoms with E-state index >= 15 is 0 Å². The topological polar surface area (TPSA) is 84.3 Å². The number of rotatable bonds is 6. The number of hydrazone groups is 2. The summed E-state index contributed by atoms with van der Waals surface area (Å²) in [6.45, 7) is 0. The van der Waals surface area contributed by atoms with Gasteiger partial charge in [-0.15, -0.1) is 0 Å². The standard InChI is InChI=1S/C17H18N4O3/c1-23-15-7-3-13(4-8-15)11-18-20-17(22)21-19-12-14-5-9-16(24-2)10-6-14/h3-12H,1-2H3,(H2,20,21,22)/b18-11+,19-12?. The van der Waals surface area contributed by atoms with Crippen molar-refractivity contribution in [2.24, 2.45) is 10.2 Å². The first kappa shape index (κ1) is 17.0. The summed E-state index contributed by atoms with van der Waals surface area (Å²) in [6.07, 6.45) is 3.04. The van der Waals surface area contributed by atoms with Crippen LogP contribution < -0.4 is 20.3 Å². The van der Waals surface area contributed by atoms with Gasteiger partial charge in [-0.1, -0.05) is 0 Å². The van der Waals surface area contributed by atoms with Crippen LogP contribution >= 0.6 is 0 Å². The van der Waals surface area contributed by atoms with Gasteiger partial charge in [-0.3, -0.25) is 0 Å². The highest BCUT2D eigenvalue weighted by atomic mass is 16.5. The van der Waals surface area contributed by atoms with Gasteiger partial charge in [0.25, 0.3) is 0 Å². The molecular weight excluding hydrogens is 308 g/mol. The van der Waals surface area contributed by atoms with Crippen LogP contribution in [-0.2, 0) is 0 Å². The minimum atomic E-state index is -0.537. The third kappa shape index (κ3) is 5.45. The normalized spacial score (nSPS) is 10.8. The van der Waals surface area contributed by atoms with E-state index in [1.807, 2.05) is 24.3 Å². The van der Waals surface area contributed by atoms with E-state index in [9.17, 15) is 4.79 Å². The number of hydrogen-bond donors (Lipinski definition) is 2. The fourth-order valence-corrected chi connectivity index (χ4v) is 1.74. The maximum Gasteiger partial charge on any atom is 0.355 e. The average molecular weight is 326 g/mol. The fourth-order valence-electron chi connectivity index (χ4n) is 1.74. The van der Waals surface area contributed by atoms with E-state index in [0.29, 0.717) is 0 Å². The molecule has 0 saturated heterocycles. The second-order valence-electron chi connectivity index (χ2n) is 4.62. The summed E-state index contributed by atoms with van der Waals surface area (Å²) in [7, 11) is 3.20. The summed E-state index contributed by atoms with van der Waals surface area (Å²) in [5, 5.41) is 7.65. The Kier molecular flexibility index (Phi) is 6.34. The number of carbonyl (C=O) groups excluding carboxylic acids is 1. The molecule has 7 nitrogen and oxygen atoms in total. The summed E-state index contributed by atoms with van der Waals surface area (Å²) in [5.74, 6) is 1.51. The lowest BCUT2D eigenvalue weighted by atomic mass is 10.2. The minimum Gasteiger partial charge on any atom is -0.497 e. The quantitative estimate of drug-likeness (QED) is 0.631. The van der Waals surface area contributed by atoms with Crippen molar-refractivity contribution in [1.82, 2.24) is 10.9 Å². The maximum absolute atomic E-state index is 11.5. The summed E-state index contributed by atoms with van der Waals surface area (Å²) in [5.41, 5.74) is 6.30. The van der Waals surface area contributed by atoms with Crippen molar-refractivity contribution in [3.05, 3.63) is 59.7 Å². The summed E-state index contributed by atoms with van der Waals surface area (Å²) >= 11 is 0. The van der Waals surface area contributed by atoms with Crippen molar-refractivity contribution < 1.29 is 14.3 Å². The fraction of sp³-hybridized carbons (Fsp3) is 0.118. The van der Waals surface area contributed by atoms with E-state index in [-0.39, 0.29) is 0 Å². The lowest BCUT2D eigenvalue weighted by Crippen LogP contribution is -2.28. The molecular formula is C17H18N4O3. The maximum atomic E-state index is 11.5. The van der Waals surface area contributed by atoms with Gasteiger partial charge in [-0.2, -0.15) is 10.2 Å². The molecule has 0 aliphatic carbocycles. The van der Waals surface area contributed by atoms with Crippen molar-refractivity contribution >= 4 is 18.5 Å². The number of ether oxygens (including phenoxy) is 2. The second kappa shape index (κ2) is 8.94. The van der Waals surface area contributed by atoms with E-state index in [0.717, 1.165) is 22.6 Å². The molecule has 0 aliphatic rings. The molecule has 2 N–H and O–H groups in total. The van der Waals surface area contributed by atoms with Gasteiger partial charge in [-0.25, -0.2) is 15.6 Å². The SMILES string of the molecule is COc1ccc(C=NNC(=O)N/N=C/c2ccc(OC)cc2)cc1. The van der Waals surface area contributed by atoms with Crippen LogP contribution in [0.3, 0.4) is 0 Å². The number of nitrogens with zero attached hydrogens (tertiary/aromatic N) is 2. The van der Waals surface area contributed by atoms with Crippen LogP contribution in [0.5, 0.6) is 11.5 Å². The first-order valence-electron chi connectivity index (χ1n) is 7.11. The summed E-state index contributed by atoms with van der Waals surface area (Å²) in [4.78, 5) is 11.5. The third-order valence-corrected chi connectivity index (χ3v) is 2.99. The molecule has 0 fully saturated rings. The predicted octanol–water partition coefficient (Wildman–Crippen LogP) is 2.37. The molecule has 2 aromatic rings. The van der Waals surface area contributed by atoms with Crippen LogP contribution in [0.2, 0.25) is 0 Å². The van der Waals surface area contributed by atoms with Crippen LogP contribution in [0.15, 0.2) is 58.7 Å². The monoisotopic (exact) mass is 326 g/mol. The Labute approximate surface area is 140 Å². The number of hydrogen-bond acceptors (Lipinski definition) is 5. The van der Waals surface area contributed by atoms with Gasteiger partial charge in [0.1, 0.15) is 11.5 Å². The second-order valence-corrected chi connectivity index (χ2v) is 4.62. The molecule has 0 spiro atoms. The first-order chi connectivity index (χ1) is 11.7. The molecule has 24 heavy (non-hydrogen) atoms. The molecule has 0 unspecified atom stereocenters. The Hall–Kier alpha value is -3.35. The molecule has 2 aromatic carbocycles. The molecule has 0 bridgehead atoms. The van der Waals surface area contributed by atoms with Crippen LogP contribution in [0.25, 0.3) is 0 Å². The lowest BCUT2D eigenvalue weighted by molar-refractivity contribution is 0.242. The van der Waals surface area contributed by atoms with Crippen molar-refractivity contribution in [3.8, 4) is 11.5 Å². The summed E-state index contributed by atoms with van der Waals surface area (Å²) < 4.78 is 10.1. The highest BCUT2D eigenvalue weighted by Crippen LogP contribution is 2.10. The number of nitrogens with one attached hydrogen (secondary N) is 2. The molecule has 0 aromatic heterocycles. The largest absolute Gasteiger partial charge is 0.497 e. The van der Waals surface area contributed by atoms with E-state index in [4.69, 9.17) is 9.47 Å². The van der Waals surface area contributed by atoms with E-state index in [1.165, 1.54) is 12.4 Å². The molecule has 124 valence electrons. The van der Waals surface area contributed by atoms with Gasteiger partial charge in [0.2, 0.25) is 0 Å². The van der Waals surface area contributed by atoms with Crippen molar-refractivity contribution in [3.63, 3.8) is 0 Å². The van der Waals surface area contributed by atoms with Crippen LogP contribution in [0.4, 0.5) is 4.79 Å². The van der Waals surface area contributed by atoms with Gasteiger partial charge in [0.05, 0.1) is 26.6 Å². The zero-order chi connectivity index (χ0) is 17.2. The molecule has 2 rings (SSSR count). The predicted molar refractivity (Wildman–Crippen MR) is 92.8 cm³/mol. The van der Waals surface area contributed by atoms with Crippen molar-refractivity contribution in [2.75, 3.05) is 14.2 Å². The molecule has 0 saturated carbocycles. The van der Waals surface area contributed by atoms with Gasteiger partial charge in [-0.05, 0) is 59.7 Å². The number of urea groups is 1. The highest BCUT2D eigenvalue weighted by Gasteiger charge is 1.95. The lowest BCUT2D eigenvalue weighted by Gasteiger charge is -2.00. The number of carbonyl (C=O) groups is 1. The molecule has 0 heterocycles. The number of amides is 2. The van der Waals surface area contributed by atoms with Crippen molar-refractivity contribution in [1.29, 1.82) is 0 Å². The number of methoxy groups -OCH3 is 2. The van der Waals surface area contributed by atoms with Crippen LogP contribution in [-0.4, -0.2) is 32.7 Å². The molecule has 0 aliphatic heterocycles. The van der Waals surface area contributed by atoms with E-state index in [1.54, 1.807) is 38.5 Å². The highest BCUT2D eigenvalue weighted by molar-refractivity contribution is 5.83. The Bertz CT molecular complexity index is 648. The molecule has 0 radical (unpaired) electrons. The minimum absolute atomic E-state index is 0.537. The Morgan fingerprint density at radius 1 is 0.792 bits per heavy atom. The van der Waals surface area contributed by atoms with E-state index < -0.39 is 6.03 Å². The molecule has 2 amide bonds. The van der Waals surface area contributed by atoms with Gasteiger partial charge >= 0.3 is 6.03 Å². The van der Waals surface area contributed by atoms with E-state index in [2.05, 4.69) is 21.1 Å². The Morgan fingerprint density at radius 2 is 1.17 bits per heavy atom. The Morgan fingerprint density at radius 3 is 1.50 bits per heavy atom. The van der Waals surface area contributed by atoms with Crippen LogP contribution in [0, 0.1) is 0 Å². The first-order valence-corrected chi connectivity index (χ1v) is 7.11. The number of benzene rings is 2. The third-order valence-electron chi connectivity index (χ3n) is 2.99.